The van der Waals surface area contributed by atoms with Gasteiger partial charge in [-0.1, -0.05) is 18.2 Å². The van der Waals surface area contributed by atoms with Gasteiger partial charge in [-0.15, -0.1) is 0 Å². The van der Waals surface area contributed by atoms with E-state index < -0.39 is 28.5 Å². The molecule has 3 aromatic rings. The maximum Gasteiger partial charge on any atom is 0.328 e. The Labute approximate surface area is 196 Å². The SMILES string of the molecule is Cc1ccccc1NC(=O)CN1C(=O)S/C(=C\c2cc3c(cc2[N+](=O)[O-])n(C)c(=O)n3C)C1=O. The Morgan fingerprint density at radius 1 is 1.12 bits per heavy atom. The van der Waals surface area contributed by atoms with Crippen LogP contribution < -0.4 is 11.0 Å². The molecule has 0 radical (unpaired) electrons. The van der Waals surface area contributed by atoms with Crippen molar-refractivity contribution in [3.8, 4) is 0 Å². The average molecular weight is 481 g/mol. The Kier molecular flexibility index (Phi) is 5.83. The number of rotatable bonds is 5. The maximum atomic E-state index is 12.9. The molecule has 0 atom stereocenters. The van der Waals surface area contributed by atoms with Crippen LogP contribution in [0.3, 0.4) is 0 Å². The van der Waals surface area contributed by atoms with Gasteiger partial charge in [0.25, 0.3) is 16.8 Å². The molecule has 0 aliphatic carbocycles. The third-order valence-electron chi connectivity index (χ3n) is 5.50. The van der Waals surface area contributed by atoms with Gasteiger partial charge in [-0.2, -0.15) is 0 Å². The van der Waals surface area contributed by atoms with Gasteiger partial charge in [-0.3, -0.25) is 38.5 Å². The number of nitrogens with zero attached hydrogens (tertiary/aromatic N) is 4. The first-order valence-corrected chi connectivity index (χ1v) is 10.8. The second kappa shape index (κ2) is 8.63. The van der Waals surface area contributed by atoms with Gasteiger partial charge < -0.3 is 5.32 Å². The number of imide groups is 1. The van der Waals surface area contributed by atoms with Crippen LogP contribution in [0.15, 0.2) is 46.1 Å². The van der Waals surface area contributed by atoms with Crippen LogP contribution in [0.2, 0.25) is 0 Å². The number of aryl methyl sites for hydroxylation is 3. The van der Waals surface area contributed by atoms with Crippen LogP contribution in [0.4, 0.5) is 16.2 Å². The summed E-state index contributed by atoms with van der Waals surface area (Å²) in [5.41, 5.74) is 1.56. The standard InChI is InChI=1S/C22H19N5O6S/c1-12-6-4-5-7-14(12)23-19(28)11-26-20(29)18(34-22(26)31)9-13-8-16-17(10-15(13)27(32)33)25(3)21(30)24(16)2/h4-10H,11H2,1-3H3,(H,23,28)/b18-9-. The quantitative estimate of drug-likeness (QED) is 0.336. The molecule has 1 aliphatic rings. The molecule has 1 aliphatic heterocycles. The van der Waals surface area contributed by atoms with E-state index in [1.807, 2.05) is 19.1 Å². The van der Waals surface area contributed by atoms with Crippen molar-refractivity contribution in [1.82, 2.24) is 14.0 Å². The van der Waals surface area contributed by atoms with E-state index in [1.165, 1.54) is 41.4 Å². The molecule has 1 aromatic heterocycles. The minimum atomic E-state index is -0.730. The van der Waals surface area contributed by atoms with Gasteiger partial charge >= 0.3 is 5.69 Å². The second-order valence-corrected chi connectivity index (χ2v) is 8.68. The number of imidazole rings is 1. The minimum absolute atomic E-state index is 0.0583. The Morgan fingerprint density at radius 3 is 2.41 bits per heavy atom. The number of amides is 3. The fraction of sp³-hybridized carbons (Fsp3) is 0.182. The summed E-state index contributed by atoms with van der Waals surface area (Å²) in [5.74, 6) is -1.28. The molecule has 3 amide bonds. The summed E-state index contributed by atoms with van der Waals surface area (Å²) in [4.78, 5) is 61.7. The van der Waals surface area contributed by atoms with Gasteiger partial charge in [0.2, 0.25) is 5.91 Å². The molecular weight excluding hydrogens is 462 g/mol. The summed E-state index contributed by atoms with van der Waals surface area (Å²) in [6.45, 7) is 1.31. The second-order valence-electron chi connectivity index (χ2n) is 7.69. The summed E-state index contributed by atoms with van der Waals surface area (Å²) in [5, 5.41) is 13.7. The molecule has 174 valence electrons. The number of aromatic nitrogens is 2. The van der Waals surface area contributed by atoms with Crippen molar-refractivity contribution in [3.05, 3.63) is 73.0 Å². The number of nitrogens with one attached hydrogen (secondary N) is 1. The molecule has 0 saturated carbocycles. The number of thioether (sulfide) groups is 1. The lowest BCUT2D eigenvalue weighted by Gasteiger charge is -2.13. The number of para-hydroxylation sites is 1. The van der Waals surface area contributed by atoms with E-state index in [9.17, 15) is 29.3 Å². The van der Waals surface area contributed by atoms with Crippen molar-refractivity contribution >= 4 is 57.3 Å². The van der Waals surface area contributed by atoms with Gasteiger partial charge in [-0.05, 0) is 42.5 Å². The summed E-state index contributed by atoms with van der Waals surface area (Å²) in [6, 6.07) is 9.75. The van der Waals surface area contributed by atoms with Crippen molar-refractivity contribution < 1.29 is 19.3 Å². The lowest BCUT2D eigenvalue weighted by molar-refractivity contribution is -0.385. The van der Waals surface area contributed by atoms with Crippen molar-refractivity contribution in [1.29, 1.82) is 0 Å². The number of anilines is 1. The van der Waals surface area contributed by atoms with E-state index in [0.29, 0.717) is 28.5 Å². The van der Waals surface area contributed by atoms with Crippen LogP contribution in [0.5, 0.6) is 0 Å². The molecule has 0 bridgehead atoms. The molecule has 1 fully saturated rings. The summed E-state index contributed by atoms with van der Waals surface area (Å²) >= 11 is 0.589. The highest BCUT2D eigenvalue weighted by Crippen LogP contribution is 2.35. The van der Waals surface area contributed by atoms with Gasteiger partial charge in [0.05, 0.1) is 26.4 Å². The van der Waals surface area contributed by atoms with Gasteiger partial charge in [0.1, 0.15) is 6.54 Å². The Balaban J connectivity index is 1.64. The molecule has 11 nitrogen and oxygen atoms in total. The van der Waals surface area contributed by atoms with Gasteiger partial charge in [0.15, 0.2) is 0 Å². The number of hydrogen-bond donors (Lipinski definition) is 1. The summed E-state index contributed by atoms with van der Waals surface area (Å²) < 4.78 is 2.62. The fourth-order valence-corrected chi connectivity index (χ4v) is 4.48. The van der Waals surface area contributed by atoms with Gasteiger partial charge in [-0.25, -0.2) is 4.79 Å². The normalized spacial score (nSPS) is 14.9. The molecule has 1 N–H and O–H groups in total. The van der Waals surface area contributed by atoms with E-state index in [2.05, 4.69) is 5.32 Å². The Morgan fingerprint density at radius 2 is 1.76 bits per heavy atom. The largest absolute Gasteiger partial charge is 0.328 e. The van der Waals surface area contributed by atoms with E-state index in [-0.39, 0.29) is 21.8 Å². The van der Waals surface area contributed by atoms with E-state index in [4.69, 9.17) is 0 Å². The molecule has 34 heavy (non-hydrogen) atoms. The third-order valence-corrected chi connectivity index (χ3v) is 6.41. The topological polar surface area (TPSA) is 137 Å². The van der Waals surface area contributed by atoms with Gasteiger partial charge in [0, 0.05) is 25.8 Å². The first kappa shape index (κ1) is 23.0. The number of nitro groups is 1. The zero-order chi connectivity index (χ0) is 24.7. The number of carbonyl (C=O) groups excluding carboxylic acids is 3. The Bertz CT molecular complexity index is 1480. The summed E-state index contributed by atoms with van der Waals surface area (Å²) in [7, 11) is 3.03. The molecule has 0 unspecified atom stereocenters. The number of benzene rings is 2. The average Bonchev–Trinajstić information content (AvgIpc) is 3.17. The molecule has 12 heteroatoms. The highest BCUT2D eigenvalue weighted by Gasteiger charge is 2.37. The van der Waals surface area contributed by atoms with Crippen molar-refractivity contribution in [2.75, 3.05) is 11.9 Å². The van der Waals surface area contributed by atoms with Crippen molar-refractivity contribution in [3.63, 3.8) is 0 Å². The zero-order valence-corrected chi connectivity index (χ0v) is 19.2. The number of hydrogen-bond acceptors (Lipinski definition) is 7. The highest BCUT2D eigenvalue weighted by atomic mass is 32.2. The van der Waals surface area contributed by atoms with Crippen LogP contribution in [0.25, 0.3) is 17.1 Å². The minimum Gasteiger partial charge on any atom is -0.324 e. The fourth-order valence-electron chi connectivity index (χ4n) is 3.65. The smallest absolute Gasteiger partial charge is 0.324 e. The molecule has 2 aromatic carbocycles. The maximum absolute atomic E-state index is 12.9. The van der Waals surface area contributed by atoms with E-state index in [0.717, 1.165) is 10.5 Å². The number of carbonyl (C=O) groups is 3. The third kappa shape index (κ3) is 3.99. The number of nitro benzene ring substituents is 1. The molecule has 0 spiro atoms. The monoisotopic (exact) mass is 481 g/mol. The predicted octanol–water partition coefficient (Wildman–Crippen LogP) is 2.77. The molecule has 4 rings (SSSR count). The van der Waals surface area contributed by atoms with E-state index in [1.54, 1.807) is 12.1 Å². The molecule has 1 saturated heterocycles. The molecular formula is C22H19N5O6S. The predicted molar refractivity (Wildman–Crippen MR) is 127 cm³/mol. The van der Waals surface area contributed by atoms with Crippen molar-refractivity contribution in [2.24, 2.45) is 14.1 Å². The zero-order valence-electron chi connectivity index (χ0n) is 18.4. The first-order valence-electron chi connectivity index (χ1n) is 10.0. The van der Waals surface area contributed by atoms with Crippen molar-refractivity contribution in [2.45, 2.75) is 6.92 Å². The lowest BCUT2D eigenvalue weighted by Crippen LogP contribution is -2.36. The lowest BCUT2D eigenvalue weighted by atomic mass is 10.1. The van der Waals surface area contributed by atoms with Crippen LogP contribution in [-0.4, -0.2) is 42.6 Å². The molecule has 2 heterocycles. The van der Waals surface area contributed by atoms with E-state index >= 15 is 0 Å². The highest BCUT2D eigenvalue weighted by molar-refractivity contribution is 8.18. The number of fused-ring (bicyclic) bond motifs is 1. The van der Waals surface area contributed by atoms with Crippen LogP contribution in [-0.2, 0) is 23.7 Å². The Hall–Kier alpha value is -4.19. The van der Waals surface area contributed by atoms with Crippen LogP contribution in [0, 0.1) is 17.0 Å². The first-order chi connectivity index (χ1) is 16.1. The summed E-state index contributed by atoms with van der Waals surface area (Å²) in [6.07, 6.45) is 1.24. The van der Waals surface area contributed by atoms with Crippen LogP contribution in [0.1, 0.15) is 11.1 Å². The van der Waals surface area contributed by atoms with Crippen LogP contribution >= 0.6 is 11.8 Å².